The smallest absolute Gasteiger partial charge is 0.346 e. The number of benzene rings is 2. The van der Waals surface area contributed by atoms with Crippen molar-refractivity contribution in [3.63, 3.8) is 0 Å². The molecule has 4 atom stereocenters. The Morgan fingerprint density at radius 2 is 1.93 bits per heavy atom. The number of fused-ring (bicyclic) bond motifs is 2. The van der Waals surface area contributed by atoms with E-state index >= 15 is 0 Å². The standard InChI is InChI=1S/C22H23ClO7/c1-2-28-16-6-3-13(4-7-16)9-14-10-15(5-8-17(14)23)22-11-18(25)19(26)21(12-24,30-22)20(27)29-22/h3-8,10,18-19,24-26H,2,9,11-12H2,1H3/t18-,19+,21-,22-/m1/s1. The van der Waals surface area contributed by atoms with Crippen molar-refractivity contribution in [2.75, 3.05) is 13.2 Å². The van der Waals surface area contributed by atoms with Crippen LogP contribution in [0.3, 0.4) is 0 Å². The van der Waals surface area contributed by atoms with Gasteiger partial charge in [-0.05, 0) is 48.7 Å². The van der Waals surface area contributed by atoms with Crippen molar-refractivity contribution in [3.05, 3.63) is 64.2 Å². The van der Waals surface area contributed by atoms with Gasteiger partial charge in [0.25, 0.3) is 0 Å². The molecule has 2 saturated heterocycles. The Hall–Kier alpha value is -2.16. The van der Waals surface area contributed by atoms with Crippen LogP contribution in [-0.4, -0.2) is 52.3 Å². The van der Waals surface area contributed by atoms with Crippen LogP contribution in [0.2, 0.25) is 5.02 Å². The average molecular weight is 435 g/mol. The van der Waals surface area contributed by atoms with E-state index in [9.17, 15) is 20.1 Å². The second kappa shape index (κ2) is 7.83. The number of ether oxygens (including phenoxy) is 3. The van der Waals surface area contributed by atoms with E-state index in [1.165, 1.54) is 0 Å². The van der Waals surface area contributed by atoms with Crippen LogP contribution in [0.15, 0.2) is 42.5 Å². The minimum atomic E-state index is -2.01. The first kappa shape index (κ1) is 21.1. The summed E-state index contributed by atoms with van der Waals surface area (Å²) in [6.07, 6.45) is -2.53. The van der Waals surface area contributed by atoms with E-state index in [-0.39, 0.29) is 6.42 Å². The van der Waals surface area contributed by atoms with Crippen LogP contribution in [0.4, 0.5) is 0 Å². The lowest BCUT2D eigenvalue weighted by atomic mass is 9.85. The molecule has 2 aromatic rings. The van der Waals surface area contributed by atoms with Crippen LogP contribution in [0, 0.1) is 0 Å². The van der Waals surface area contributed by atoms with E-state index in [0.717, 1.165) is 16.9 Å². The molecular weight excluding hydrogens is 412 g/mol. The number of esters is 1. The molecule has 2 aliphatic rings. The molecular formula is C22H23ClO7. The van der Waals surface area contributed by atoms with Gasteiger partial charge in [0.15, 0.2) is 0 Å². The van der Waals surface area contributed by atoms with Crippen molar-refractivity contribution in [3.8, 4) is 5.75 Å². The Morgan fingerprint density at radius 1 is 1.20 bits per heavy atom. The highest BCUT2D eigenvalue weighted by Gasteiger charge is 2.68. The number of carbonyl (C=O) groups is 1. The number of aliphatic hydroxyl groups is 3. The Morgan fingerprint density at radius 3 is 2.60 bits per heavy atom. The predicted octanol–water partition coefficient (Wildman–Crippen LogP) is 1.91. The number of carbonyl (C=O) groups excluding carboxylic acids is 1. The van der Waals surface area contributed by atoms with Gasteiger partial charge in [0.05, 0.1) is 19.3 Å². The third-order valence-electron chi connectivity index (χ3n) is 5.62. The lowest BCUT2D eigenvalue weighted by Crippen LogP contribution is -2.60. The molecule has 2 aromatic carbocycles. The first-order valence-electron chi connectivity index (χ1n) is 9.75. The molecule has 7 nitrogen and oxygen atoms in total. The minimum absolute atomic E-state index is 0.161. The Kier molecular flexibility index (Phi) is 5.50. The number of hydrogen-bond acceptors (Lipinski definition) is 7. The Balaban J connectivity index is 1.65. The maximum absolute atomic E-state index is 12.5. The molecule has 0 radical (unpaired) electrons. The summed E-state index contributed by atoms with van der Waals surface area (Å²) in [5, 5.41) is 30.8. The first-order valence-corrected chi connectivity index (χ1v) is 10.1. The SMILES string of the molecule is CCOc1ccc(Cc2cc([C@@]34C[C@@H](O)[C@H](O)[C@@](CO)(O3)C(=O)O4)ccc2Cl)cc1. The maximum atomic E-state index is 12.5. The van der Waals surface area contributed by atoms with E-state index in [1.54, 1.807) is 18.2 Å². The van der Waals surface area contributed by atoms with Gasteiger partial charge in [-0.1, -0.05) is 29.8 Å². The summed E-state index contributed by atoms with van der Waals surface area (Å²) in [7, 11) is 0. The van der Waals surface area contributed by atoms with Gasteiger partial charge in [0.2, 0.25) is 11.4 Å². The van der Waals surface area contributed by atoms with Gasteiger partial charge in [-0.2, -0.15) is 0 Å². The number of halogens is 1. The van der Waals surface area contributed by atoms with Gasteiger partial charge in [-0.3, -0.25) is 0 Å². The molecule has 2 bridgehead atoms. The molecule has 2 fully saturated rings. The fourth-order valence-electron chi connectivity index (χ4n) is 4.02. The number of rotatable bonds is 6. The average Bonchev–Trinajstić information content (AvgIpc) is 2.99. The lowest BCUT2D eigenvalue weighted by Gasteiger charge is -2.40. The summed E-state index contributed by atoms with van der Waals surface area (Å²) in [6, 6.07) is 12.7. The van der Waals surface area contributed by atoms with Gasteiger partial charge >= 0.3 is 5.97 Å². The van der Waals surface area contributed by atoms with Crippen LogP contribution in [0.1, 0.15) is 30.0 Å². The molecule has 2 aliphatic heterocycles. The monoisotopic (exact) mass is 434 g/mol. The van der Waals surface area contributed by atoms with Crippen LogP contribution in [0.5, 0.6) is 5.75 Å². The summed E-state index contributed by atoms with van der Waals surface area (Å²) < 4.78 is 16.7. The van der Waals surface area contributed by atoms with Crippen molar-refractivity contribution in [2.24, 2.45) is 0 Å². The molecule has 2 heterocycles. The summed E-state index contributed by atoms with van der Waals surface area (Å²) >= 11 is 6.40. The summed E-state index contributed by atoms with van der Waals surface area (Å²) in [5.74, 6) is -1.73. The molecule has 3 N–H and O–H groups in total. The molecule has 0 aliphatic carbocycles. The van der Waals surface area contributed by atoms with Crippen molar-refractivity contribution >= 4 is 17.6 Å². The Bertz CT molecular complexity index is 947. The second-order valence-electron chi connectivity index (χ2n) is 7.57. The third-order valence-corrected chi connectivity index (χ3v) is 5.99. The highest BCUT2D eigenvalue weighted by molar-refractivity contribution is 6.31. The van der Waals surface area contributed by atoms with Crippen molar-refractivity contribution in [1.29, 1.82) is 0 Å². The Labute approximate surface area is 178 Å². The summed E-state index contributed by atoms with van der Waals surface area (Å²) in [5.41, 5.74) is 0.243. The fourth-order valence-corrected chi connectivity index (χ4v) is 4.20. The topological polar surface area (TPSA) is 105 Å². The predicted molar refractivity (Wildman–Crippen MR) is 107 cm³/mol. The van der Waals surface area contributed by atoms with Gasteiger partial charge in [-0.15, -0.1) is 0 Å². The molecule has 4 rings (SSSR count). The second-order valence-corrected chi connectivity index (χ2v) is 7.98. The molecule has 0 spiro atoms. The van der Waals surface area contributed by atoms with E-state index < -0.39 is 36.2 Å². The molecule has 8 heteroatoms. The van der Waals surface area contributed by atoms with Crippen LogP contribution >= 0.6 is 11.6 Å². The minimum Gasteiger partial charge on any atom is -0.494 e. The van der Waals surface area contributed by atoms with E-state index in [0.29, 0.717) is 23.6 Å². The van der Waals surface area contributed by atoms with Gasteiger partial charge in [0.1, 0.15) is 11.9 Å². The fraction of sp³-hybridized carbons (Fsp3) is 0.409. The zero-order valence-corrected chi connectivity index (χ0v) is 17.1. The number of hydrogen-bond donors (Lipinski definition) is 3. The highest BCUT2D eigenvalue weighted by Crippen LogP contribution is 2.50. The number of aliphatic hydroxyl groups excluding tert-OH is 3. The lowest BCUT2D eigenvalue weighted by molar-refractivity contribution is -0.281. The summed E-state index contributed by atoms with van der Waals surface area (Å²) in [6.45, 7) is 1.70. The molecule has 0 amide bonds. The van der Waals surface area contributed by atoms with Crippen LogP contribution in [-0.2, 0) is 26.5 Å². The van der Waals surface area contributed by atoms with Crippen LogP contribution in [0.25, 0.3) is 0 Å². The highest BCUT2D eigenvalue weighted by atomic mass is 35.5. The quantitative estimate of drug-likeness (QED) is 0.596. The first-order chi connectivity index (χ1) is 14.3. The molecule has 0 unspecified atom stereocenters. The largest absolute Gasteiger partial charge is 0.494 e. The maximum Gasteiger partial charge on any atom is 0.346 e. The molecule has 30 heavy (non-hydrogen) atoms. The van der Waals surface area contributed by atoms with Crippen molar-refractivity contribution in [2.45, 2.75) is 43.4 Å². The van der Waals surface area contributed by atoms with Gasteiger partial charge in [-0.25, -0.2) is 4.79 Å². The van der Waals surface area contributed by atoms with Crippen molar-refractivity contribution < 1.29 is 34.3 Å². The molecule has 0 saturated carbocycles. The zero-order chi connectivity index (χ0) is 21.5. The van der Waals surface area contributed by atoms with E-state index in [4.69, 9.17) is 25.8 Å². The van der Waals surface area contributed by atoms with Gasteiger partial charge in [0, 0.05) is 17.0 Å². The van der Waals surface area contributed by atoms with E-state index in [2.05, 4.69) is 0 Å². The molecule has 0 aromatic heterocycles. The van der Waals surface area contributed by atoms with Gasteiger partial charge < -0.3 is 29.5 Å². The van der Waals surface area contributed by atoms with E-state index in [1.807, 2.05) is 31.2 Å². The zero-order valence-electron chi connectivity index (χ0n) is 16.4. The molecule has 160 valence electrons. The third kappa shape index (κ3) is 3.36. The van der Waals surface area contributed by atoms with Crippen molar-refractivity contribution in [1.82, 2.24) is 0 Å². The van der Waals surface area contributed by atoms with Crippen LogP contribution < -0.4 is 4.74 Å². The normalized spacial score (nSPS) is 30.2. The summed E-state index contributed by atoms with van der Waals surface area (Å²) in [4.78, 5) is 12.5.